The molecule has 0 aromatic heterocycles. The van der Waals surface area contributed by atoms with Crippen molar-refractivity contribution in [2.75, 3.05) is 11.9 Å². The third kappa shape index (κ3) is 6.71. The summed E-state index contributed by atoms with van der Waals surface area (Å²) in [6.45, 7) is 3.85. The van der Waals surface area contributed by atoms with Gasteiger partial charge in [-0.3, -0.25) is 9.63 Å². The van der Waals surface area contributed by atoms with Gasteiger partial charge in [-0.2, -0.15) is 0 Å². The van der Waals surface area contributed by atoms with Gasteiger partial charge in [-0.25, -0.2) is 14.3 Å². The molecule has 27 heavy (non-hydrogen) atoms. The summed E-state index contributed by atoms with van der Waals surface area (Å²) in [5, 5.41) is 12.5. The standard InChI is InChI=1S/C19H21F2IN2O3/c1-11(2)7-14(25)10-27-24-19(26)15-5-3-12(20)8-18(15)23-17-6-4-13(22)9-16(17)21/h3-6,8-9,11,14,23,25H,7,10H2,1-2H3,(H,24,26). The molecule has 1 amide bonds. The van der Waals surface area contributed by atoms with Crippen LogP contribution < -0.4 is 10.8 Å². The van der Waals surface area contributed by atoms with Crippen molar-refractivity contribution in [3.8, 4) is 0 Å². The Morgan fingerprint density at radius 3 is 2.59 bits per heavy atom. The van der Waals surface area contributed by atoms with E-state index in [2.05, 4.69) is 10.8 Å². The van der Waals surface area contributed by atoms with Crippen molar-refractivity contribution in [3.63, 3.8) is 0 Å². The van der Waals surface area contributed by atoms with Crippen LogP contribution in [0.15, 0.2) is 36.4 Å². The first-order valence-corrected chi connectivity index (χ1v) is 9.46. The lowest BCUT2D eigenvalue weighted by Gasteiger charge is -2.15. The van der Waals surface area contributed by atoms with Crippen molar-refractivity contribution in [3.05, 3.63) is 57.2 Å². The van der Waals surface area contributed by atoms with E-state index in [0.29, 0.717) is 9.99 Å². The van der Waals surface area contributed by atoms with E-state index in [4.69, 9.17) is 4.84 Å². The largest absolute Gasteiger partial charge is 0.391 e. The summed E-state index contributed by atoms with van der Waals surface area (Å²) < 4.78 is 28.4. The lowest BCUT2D eigenvalue weighted by molar-refractivity contribution is -0.0181. The average molecular weight is 490 g/mol. The van der Waals surface area contributed by atoms with Gasteiger partial charge >= 0.3 is 0 Å². The second-order valence-corrected chi connectivity index (χ2v) is 7.71. The summed E-state index contributed by atoms with van der Waals surface area (Å²) in [7, 11) is 0. The quantitative estimate of drug-likeness (QED) is 0.380. The molecule has 146 valence electrons. The highest BCUT2D eigenvalue weighted by atomic mass is 127. The number of amides is 1. The summed E-state index contributed by atoms with van der Waals surface area (Å²) in [5.41, 5.74) is 2.50. The van der Waals surface area contributed by atoms with Crippen molar-refractivity contribution in [1.29, 1.82) is 0 Å². The fourth-order valence-electron chi connectivity index (χ4n) is 2.42. The maximum absolute atomic E-state index is 14.1. The molecule has 1 unspecified atom stereocenters. The van der Waals surface area contributed by atoms with Crippen LogP contribution in [0.3, 0.4) is 0 Å². The molecule has 5 nitrogen and oxygen atoms in total. The number of carbonyl (C=O) groups is 1. The minimum absolute atomic E-state index is 0.0698. The highest BCUT2D eigenvalue weighted by Gasteiger charge is 2.15. The van der Waals surface area contributed by atoms with Crippen LogP contribution in [0.25, 0.3) is 0 Å². The first-order chi connectivity index (χ1) is 12.8. The minimum Gasteiger partial charge on any atom is -0.391 e. The smallest absolute Gasteiger partial charge is 0.276 e. The molecule has 0 radical (unpaired) electrons. The molecule has 0 saturated heterocycles. The van der Waals surface area contributed by atoms with Gasteiger partial charge in [0.1, 0.15) is 18.2 Å². The number of halogens is 3. The first kappa shape index (κ1) is 21.5. The lowest BCUT2D eigenvalue weighted by Crippen LogP contribution is -2.29. The van der Waals surface area contributed by atoms with Crippen LogP contribution in [0.1, 0.15) is 30.6 Å². The molecule has 0 aliphatic rings. The maximum Gasteiger partial charge on any atom is 0.276 e. The van der Waals surface area contributed by atoms with Gasteiger partial charge in [0.15, 0.2) is 0 Å². The number of benzene rings is 2. The zero-order valence-corrected chi connectivity index (χ0v) is 17.1. The van der Waals surface area contributed by atoms with Crippen LogP contribution in [0.2, 0.25) is 0 Å². The number of anilines is 2. The molecule has 3 N–H and O–H groups in total. The van der Waals surface area contributed by atoms with Gasteiger partial charge in [0, 0.05) is 3.57 Å². The SMILES string of the molecule is CC(C)CC(O)CONC(=O)c1ccc(F)cc1Nc1ccc(I)cc1F. The van der Waals surface area contributed by atoms with E-state index in [1.165, 1.54) is 18.2 Å². The number of carbonyl (C=O) groups excluding carboxylic acids is 1. The first-order valence-electron chi connectivity index (χ1n) is 8.38. The molecule has 2 rings (SSSR count). The molecular formula is C19H21F2IN2O3. The molecule has 2 aromatic carbocycles. The zero-order chi connectivity index (χ0) is 20.0. The number of hydrogen-bond donors (Lipinski definition) is 3. The number of aliphatic hydroxyl groups is 1. The normalized spacial score (nSPS) is 12.1. The van der Waals surface area contributed by atoms with Crippen LogP contribution >= 0.6 is 22.6 Å². The van der Waals surface area contributed by atoms with E-state index in [1.54, 1.807) is 6.07 Å². The molecule has 0 fully saturated rings. The molecule has 0 bridgehead atoms. The van der Waals surface area contributed by atoms with Crippen molar-refractivity contribution in [2.24, 2.45) is 5.92 Å². The third-order valence-corrected chi connectivity index (χ3v) is 4.28. The predicted molar refractivity (Wildman–Crippen MR) is 108 cm³/mol. The zero-order valence-electron chi connectivity index (χ0n) is 14.9. The van der Waals surface area contributed by atoms with Crippen LogP contribution in [0.4, 0.5) is 20.2 Å². The Morgan fingerprint density at radius 1 is 1.19 bits per heavy atom. The minimum atomic E-state index is -0.711. The topological polar surface area (TPSA) is 70.6 Å². The van der Waals surface area contributed by atoms with Gasteiger partial charge < -0.3 is 10.4 Å². The summed E-state index contributed by atoms with van der Waals surface area (Å²) in [4.78, 5) is 17.4. The van der Waals surface area contributed by atoms with Crippen LogP contribution in [0, 0.1) is 21.1 Å². The molecule has 2 aromatic rings. The van der Waals surface area contributed by atoms with Crippen LogP contribution in [-0.2, 0) is 4.84 Å². The number of rotatable bonds is 8. The monoisotopic (exact) mass is 490 g/mol. The van der Waals surface area contributed by atoms with Crippen molar-refractivity contribution in [2.45, 2.75) is 26.4 Å². The Hall–Kier alpha value is -1.78. The van der Waals surface area contributed by atoms with Gasteiger partial charge in [0.05, 0.1) is 23.0 Å². The Balaban J connectivity index is 2.09. The molecule has 0 saturated carbocycles. The van der Waals surface area contributed by atoms with Crippen LogP contribution in [-0.4, -0.2) is 23.7 Å². The number of hydrogen-bond acceptors (Lipinski definition) is 4. The molecule has 1 atom stereocenters. The summed E-state index contributed by atoms with van der Waals surface area (Å²) in [6.07, 6.45) is -0.178. The van der Waals surface area contributed by atoms with E-state index in [0.717, 1.165) is 12.1 Å². The van der Waals surface area contributed by atoms with E-state index >= 15 is 0 Å². The van der Waals surface area contributed by atoms with Gasteiger partial charge in [0.25, 0.3) is 5.91 Å². The number of nitrogens with one attached hydrogen (secondary N) is 2. The molecule has 0 heterocycles. The Morgan fingerprint density at radius 2 is 1.93 bits per heavy atom. The van der Waals surface area contributed by atoms with Gasteiger partial charge in [-0.15, -0.1) is 0 Å². The number of aliphatic hydroxyl groups excluding tert-OH is 1. The molecule has 8 heteroatoms. The Labute approximate surface area is 170 Å². The van der Waals surface area contributed by atoms with Gasteiger partial charge in [-0.05, 0) is 71.3 Å². The van der Waals surface area contributed by atoms with Crippen molar-refractivity contribution in [1.82, 2.24) is 5.48 Å². The Kier molecular flexibility index (Phi) is 7.93. The van der Waals surface area contributed by atoms with E-state index < -0.39 is 23.6 Å². The molecule has 0 aliphatic heterocycles. The second-order valence-electron chi connectivity index (χ2n) is 6.46. The van der Waals surface area contributed by atoms with Gasteiger partial charge in [-0.1, -0.05) is 13.8 Å². The molecular weight excluding hydrogens is 469 g/mol. The van der Waals surface area contributed by atoms with Crippen molar-refractivity contribution < 1.29 is 23.5 Å². The third-order valence-electron chi connectivity index (χ3n) is 3.61. The highest BCUT2D eigenvalue weighted by Crippen LogP contribution is 2.25. The van der Waals surface area contributed by atoms with E-state index in [-0.39, 0.29) is 29.5 Å². The van der Waals surface area contributed by atoms with Gasteiger partial charge in [0.2, 0.25) is 0 Å². The lowest BCUT2D eigenvalue weighted by atomic mass is 10.1. The van der Waals surface area contributed by atoms with E-state index in [1.807, 2.05) is 36.4 Å². The summed E-state index contributed by atoms with van der Waals surface area (Å²) in [6, 6.07) is 8.00. The predicted octanol–water partition coefficient (Wildman–Crippen LogP) is 4.38. The number of hydroxylamine groups is 1. The van der Waals surface area contributed by atoms with Crippen molar-refractivity contribution >= 4 is 39.9 Å². The van der Waals surface area contributed by atoms with E-state index in [9.17, 15) is 18.7 Å². The summed E-state index contributed by atoms with van der Waals surface area (Å²) >= 11 is 1.97. The fourth-order valence-corrected chi connectivity index (χ4v) is 2.88. The average Bonchev–Trinajstić information content (AvgIpc) is 2.56. The van der Waals surface area contributed by atoms with Crippen LogP contribution in [0.5, 0.6) is 0 Å². The fraction of sp³-hybridized carbons (Fsp3) is 0.316. The maximum atomic E-state index is 14.1. The Bertz CT molecular complexity index is 803. The molecule has 0 spiro atoms. The highest BCUT2D eigenvalue weighted by molar-refractivity contribution is 14.1. The molecule has 0 aliphatic carbocycles. The summed E-state index contributed by atoms with van der Waals surface area (Å²) in [5.74, 6) is -1.45. The second kappa shape index (κ2) is 9.95.